The van der Waals surface area contributed by atoms with E-state index in [9.17, 15) is 18.0 Å². The van der Waals surface area contributed by atoms with Crippen molar-refractivity contribution in [2.24, 2.45) is 4.99 Å². The smallest absolute Gasteiger partial charge is 0.291 e. The summed E-state index contributed by atoms with van der Waals surface area (Å²) in [4.78, 5) is 29.4. The molecule has 9 nitrogen and oxygen atoms in total. The molecule has 0 unspecified atom stereocenters. The Kier molecular flexibility index (Phi) is 6.90. The van der Waals surface area contributed by atoms with Crippen LogP contribution in [0.1, 0.15) is 45.9 Å². The number of amides is 2. The van der Waals surface area contributed by atoms with Gasteiger partial charge in [0.1, 0.15) is 5.84 Å². The van der Waals surface area contributed by atoms with Crippen LogP contribution in [0.15, 0.2) is 69.1 Å². The number of rotatable bonds is 6. The molecule has 2 aromatic heterocycles. The molecule has 2 amide bonds. The fourth-order valence-corrected chi connectivity index (χ4v) is 5.08. The van der Waals surface area contributed by atoms with Gasteiger partial charge < -0.3 is 15.1 Å². The van der Waals surface area contributed by atoms with Crippen LogP contribution in [-0.4, -0.2) is 32.6 Å². The van der Waals surface area contributed by atoms with Crippen LogP contribution in [0.3, 0.4) is 0 Å². The predicted molar refractivity (Wildman–Crippen MR) is 126 cm³/mol. The number of hydrogen-bond donors (Lipinski definition) is 3. The van der Waals surface area contributed by atoms with Crippen molar-refractivity contribution in [3.05, 3.63) is 65.4 Å². The number of hydrogen-bond acceptors (Lipinski definition) is 7. The Morgan fingerprint density at radius 3 is 2.52 bits per heavy atom. The lowest BCUT2D eigenvalue weighted by Gasteiger charge is -2.10. The molecule has 0 saturated carbocycles. The molecule has 0 saturated heterocycles. The van der Waals surface area contributed by atoms with Gasteiger partial charge in [0.2, 0.25) is 0 Å². The molecule has 0 bridgehead atoms. The van der Waals surface area contributed by atoms with E-state index >= 15 is 0 Å². The van der Waals surface area contributed by atoms with Crippen LogP contribution in [0.4, 0.5) is 10.7 Å². The van der Waals surface area contributed by atoms with Crippen molar-refractivity contribution in [3.63, 3.8) is 0 Å². The molecule has 0 fully saturated rings. The summed E-state index contributed by atoms with van der Waals surface area (Å²) in [6.07, 6.45) is 4.91. The normalized spacial score (nSPS) is 14.1. The fraction of sp³-hybridized carbons (Fsp3) is 0.227. The molecule has 1 aliphatic rings. The first-order valence-corrected chi connectivity index (χ1v) is 12.6. The molecule has 0 atom stereocenters. The van der Waals surface area contributed by atoms with Crippen molar-refractivity contribution in [1.29, 1.82) is 0 Å². The van der Waals surface area contributed by atoms with Gasteiger partial charge in [0.25, 0.3) is 21.8 Å². The summed E-state index contributed by atoms with van der Waals surface area (Å²) < 4.78 is 32.9. The molecule has 33 heavy (non-hydrogen) atoms. The Morgan fingerprint density at radius 1 is 0.939 bits per heavy atom. The Labute approximate surface area is 195 Å². The fourth-order valence-electron chi connectivity index (χ4n) is 3.19. The Balaban J connectivity index is 1.37. The number of carbonyl (C=O) groups is 2. The van der Waals surface area contributed by atoms with Crippen molar-refractivity contribution in [3.8, 4) is 0 Å². The topological polar surface area (TPSA) is 130 Å². The highest BCUT2D eigenvalue weighted by atomic mass is 32.2. The maximum absolute atomic E-state index is 12.6. The molecular weight excluding hydrogens is 464 g/mol. The minimum atomic E-state index is -3.74. The van der Waals surface area contributed by atoms with Gasteiger partial charge >= 0.3 is 0 Å². The third-order valence-electron chi connectivity index (χ3n) is 4.86. The maximum atomic E-state index is 12.6. The van der Waals surface area contributed by atoms with Gasteiger partial charge in [-0.3, -0.25) is 19.3 Å². The van der Waals surface area contributed by atoms with Crippen molar-refractivity contribution >= 4 is 49.7 Å². The minimum Gasteiger partial charge on any atom is -0.459 e. The number of furan rings is 1. The SMILES string of the molecule is O=C(Nc1ccc(C(=O)Nc2ccc(S(=O)(=O)NC3=NCCCCC3)cc2)s1)c1ccco1. The van der Waals surface area contributed by atoms with Crippen molar-refractivity contribution in [2.75, 3.05) is 17.2 Å². The second-order valence-corrected chi connectivity index (χ2v) is 10.1. The summed E-state index contributed by atoms with van der Waals surface area (Å²) in [7, 11) is -3.74. The van der Waals surface area contributed by atoms with Gasteiger partial charge in [-0.2, -0.15) is 0 Å². The van der Waals surface area contributed by atoms with E-state index in [1.54, 1.807) is 24.3 Å². The van der Waals surface area contributed by atoms with Crippen molar-refractivity contribution in [2.45, 2.75) is 30.6 Å². The van der Waals surface area contributed by atoms with E-state index in [-0.39, 0.29) is 16.6 Å². The molecule has 0 aliphatic carbocycles. The van der Waals surface area contributed by atoms with Crippen LogP contribution in [0.25, 0.3) is 0 Å². The molecule has 0 radical (unpaired) electrons. The molecular formula is C22H22N4O5S2. The number of carbonyl (C=O) groups excluding carboxylic acids is 2. The second kappa shape index (κ2) is 10.0. The van der Waals surface area contributed by atoms with Crippen LogP contribution < -0.4 is 15.4 Å². The molecule has 3 aromatic rings. The summed E-state index contributed by atoms with van der Waals surface area (Å²) >= 11 is 1.11. The highest BCUT2D eigenvalue weighted by Gasteiger charge is 2.18. The second-order valence-electron chi connectivity index (χ2n) is 7.32. The number of nitrogens with zero attached hydrogens (tertiary/aromatic N) is 1. The van der Waals surface area contributed by atoms with Gasteiger partial charge in [0, 0.05) is 18.7 Å². The molecule has 3 heterocycles. The highest BCUT2D eigenvalue weighted by molar-refractivity contribution is 7.90. The molecule has 11 heteroatoms. The van der Waals surface area contributed by atoms with E-state index in [1.807, 2.05) is 0 Å². The number of benzene rings is 1. The van der Waals surface area contributed by atoms with Crippen LogP contribution in [0.5, 0.6) is 0 Å². The summed E-state index contributed by atoms with van der Waals surface area (Å²) in [6.45, 7) is 0.625. The first-order valence-electron chi connectivity index (χ1n) is 10.3. The van der Waals surface area contributed by atoms with Gasteiger partial charge in [0.05, 0.1) is 21.0 Å². The zero-order valence-electron chi connectivity index (χ0n) is 17.5. The van der Waals surface area contributed by atoms with E-state index in [0.717, 1.165) is 30.6 Å². The Hall–Kier alpha value is -3.44. The average molecular weight is 487 g/mol. The number of aliphatic imine (C=N–C) groups is 1. The lowest BCUT2D eigenvalue weighted by atomic mass is 10.2. The first-order chi connectivity index (χ1) is 15.9. The third kappa shape index (κ3) is 5.88. The van der Waals surface area contributed by atoms with E-state index in [0.29, 0.717) is 34.4 Å². The molecule has 3 N–H and O–H groups in total. The average Bonchev–Trinajstić information content (AvgIpc) is 3.43. The Morgan fingerprint density at radius 2 is 1.76 bits per heavy atom. The molecule has 4 rings (SSSR count). The quantitative estimate of drug-likeness (QED) is 0.483. The van der Waals surface area contributed by atoms with Crippen LogP contribution >= 0.6 is 11.3 Å². The number of sulfonamides is 1. The molecule has 0 spiro atoms. The van der Waals surface area contributed by atoms with E-state index < -0.39 is 15.9 Å². The van der Waals surface area contributed by atoms with Crippen LogP contribution in [0, 0.1) is 0 Å². The maximum Gasteiger partial charge on any atom is 0.291 e. The lowest BCUT2D eigenvalue weighted by Crippen LogP contribution is -2.30. The largest absolute Gasteiger partial charge is 0.459 e. The summed E-state index contributed by atoms with van der Waals surface area (Å²) in [5.74, 6) is -0.128. The van der Waals surface area contributed by atoms with Crippen molar-refractivity contribution in [1.82, 2.24) is 4.72 Å². The van der Waals surface area contributed by atoms with Gasteiger partial charge in [-0.15, -0.1) is 11.3 Å². The van der Waals surface area contributed by atoms with Gasteiger partial charge in [-0.1, -0.05) is 6.42 Å². The zero-order chi connectivity index (χ0) is 23.3. The summed E-state index contributed by atoms with van der Waals surface area (Å²) in [5.41, 5.74) is 0.445. The number of nitrogens with one attached hydrogen (secondary N) is 3. The minimum absolute atomic E-state index is 0.0893. The standard InChI is InChI=1S/C22H22N4O5S2/c27-21(17-5-4-14-31-17)25-20-12-11-18(32-20)22(28)24-15-7-9-16(10-8-15)33(29,30)26-19-6-2-1-3-13-23-19/h4-5,7-12,14H,1-3,6,13H2,(H,23,26)(H,24,28)(H,25,27). The van der Waals surface area contributed by atoms with Crippen molar-refractivity contribution < 1.29 is 22.4 Å². The molecule has 1 aliphatic heterocycles. The van der Waals surface area contributed by atoms with E-state index in [4.69, 9.17) is 4.42 Å². The first kappa shape index (κ1) is 22.7. The van der Waals surface area contributed by atoms with E-state index in [1.165, 1.54) is 30.5 Å². The molecule has 172 valence electrons. The Bertz CT molecular complexity index is 1260. The highest BCUT2D eigenvalue weighted by Crippen LogP contribution is 2.24. The van der Waals surface area contributed by atoms with Crippen LogP contribution in [-0.2, 0) is 10.0 Å². The number of anilines is 2. The zero-order valence-corrected chi connectivity index (χ0v) is 19.2. The van der Waals surface area contributed by atoms with E-state index in [2.05, 4.69) is 20.3 Å². The number of thiophene rings is 1. The van der Waals surface area contributed by atoms with Gasteiger partial charge in [-0.25, -0.2) is 8.42 Å². The van der Waals surface area contributed by atoms with Gasteiger partial charge in [0.15, 0.2) is 5.76 Å². The van der Waals surface area contributed by atoms with Gasteiger partial charge in [-0.05, 0) is 61.4 Å². The lowest BCUT2D eigenvalue weighted by molar-refractivity contribution is 0.0995. The third-order valence-corrected chi connectivity index (χ3v) is 7.26. The monoisotopic (exact) mass is 486 g/mol. The number of amidine groups is 1. The summed E-state index contributed by atoms with van der Waals surface area (Å²) in [6, 6.07) is 12.3. The summed E-state index contributed by atoms with van der Waals surface area (Å²) in [5, 5.41) is 5.89. The molecule has 1 aromatic carbocycles. The predicted octanol–water partition coefficient (Wildman–Crippen LogP) is 4.10. The van der Waals surface area contributed by atoms with Crippen LogP contribution in [0.2, 0.25) is 0 Å².